The van der Waals surface area contributed by atoms with Crippen molar-refractivity contribution in [1.82, 2.24) is 4.90 Å². The van der Waals surface area contributed by atoms with Gasteiger partial charge in [0.1, 0.15) is 12.2 Å². The molecule has 2 heterocycles. The molecule has 2 aliphatic heterocycles. The molecule has 7 heteroatoms. The van der Waals surface area contributed by atoms with Crippen molar-refractivity contribution >= 4 is 11.9 Å². The molecule has 1 saturated carbocycles. The molecular weight excluding hydrogens is 362 g/mol. The van der Waals surface area contributed by atoms with Crippen LogP contribution in [0, 0.1) is 5.92 Å². The molecule has 4 aliphatic rings. The molecule has 28 heavy (non-hydrogen) atoms. The number of nitrogens with zero attached hydrogens (tertiary/aromatic N) is 1. The van der Waals surface area contributed by atoms with E-state index in [4.69, 9.17) is 14.6 Å². The van der Waals surface area contributed by atoms with Gasteiger partial charge in [-0.3, -0.25) is 9.59 Å². The number of likely N-dealkylation sites (N-methyl/N-ethyl adjacent to an activating group) is 1. The van der Waals surface area contributed by atoms with Crippen LogP contribution in [0.1, 0.15) is 43.2 Å². The number of piperidine rings is 1. The standard InChI is InChI=1S/C21H25NO6/c1-22-9-8-21-12-3-5-15(27-17(26)7-6-16(24)25)20(21)28-19-14(23)4-2-11(18(19)21)10-13(12)22/h2,4,12-13,15,20,23H,3,5-10H2,1H3,(H,24,25). The quantitative estimate of drug-likeness (QED) is 0.761. The van der Waals surface area contributed by atoms with Crippen molar-refractivity contribution in [3.8, 4) is 11.5 Å². The van der Waals surface area contributed by atoms with Gasteiger partial charge in [0.25, 0.3) is 0 Å². The highest BCUT2D eigenvalue weighted by atomic mass is 16.6. The minimum absolute atomic E-state index is 0.135. The second-order valence-electron chi connectivity index (χ2n) is 8.63. The second kappa shape index (κ2) is 6.11. The number of phenols is 1. The van der Waals surface area contributed by atoms with Gasteiger partial charge in [-0.25, -0.2) is 0 Å². The maximum atomic E-state index is 12.2. The summed E-state index contributed by atoms with van der Waals surface area (Å²) in [5.41, 5.74) is 2.11. The highest BCUT2D eigenvalue weighted by Gasteiger charge is 2.66. The van der Waals surface area contributed by atoms with E-state index in [9.17, 15) is 14.7 Å². The van der Waals surface area contributed by atoms with Crippen molar-refractivity contribution in [1.29, 1.82) is 0 Å². The van der Waals surface area contributed by atoms with Crippen LogP contribution < -0.4 is 4.74 Å². The van der Waals surface area contributed by atoms with E-state index in [1.807, 2.05) is 6.07 Å². The van der Waals surface area contributed by atoms with Crippen molar-refractivity contribution in [2.45, 2.75) is 62.2 Å². The summed E-state index contributed by atoms with van der Waals surface area (Å²) in [6.45, 7) is 0.940. The number of aromatic hydroxyl groups is 1. The molecule has 0 aromatic heterocycles. The molecule has 1 aromatic rings. The summed E-state index contributed by atoms with van der Waals surface area (Å²) in [5, 5.41) is 19.3. The van der Waals surface area contributed by atoms with E-state index in [2.05, 4.69) is 11.9 Å². The van der Waals surface area contributed by atoms with Crippen LogP contribution in [0.15, 0.2) is 12.1 Å². The van der Waals surface area contributed by atoms with E-state index >= 15 is 0 Å². The zero-order chi connectivity index (χ0) is 19.6. The molecule has 2 fully saturated rings. The zero-order valence-electron chi connectivity index (χ0n) is 15.9. The Hall–Kier alpha value is -2.28. The monoisotopic (exact) mass is 387 g/mol. The minimum atomic E-state index is -1.01. The summed E-state index contributed by atoms with van der Waals surface area (Å²) >= 11 is 0. The Morgan fingerprint density at radius 3 is 2.93 bits per heavy atom. The smallest absolute Gasteiger partial charge is 0.306 e. The van der Waals surface area contributed by atoms with E-state index in [1.165, 1.54) is 5.56 Å². The lowest BCUT2D eigenvalue weighted by atomic mass is 9.51. The van der Waals surface area contributed by atoms with E-state index in [0.717, 1.165) is 31.4 Å². The van der Waals surface area contributed by atoms with Crippen molar-refractivity contribution in [3.63, 3.8) is 0 Å². The number of ether oxygens (including phenoxy) is 2. The van der Waals surface area contributed by atoms with Crippen molar-refractivity contribution in [3.05, 3.63) is 23.3 Å². The maximum Gasteiger partial charge on any atom is 0.306 e. The van der Waals surface area contributed by atoms with Gasteiger partial charge in [-0.15, -0.1) is 0 Å². The number of hydrogen-bond donors (Lipinski definition) is 2. The second-order valence-corrected chi connectivity index (χ2v) is 8.63. The Morgan fingerprint density at radius 1 is 1.32 bits per heavy atom. The number of phenolic OH excluding ortho intramolecular Hbond substituents is 1. The van der Waals surface area contributed by atoms with Crippen LogP contribution in [0.25, 0.3) is 0 Å². The molecule has 2 bridgehead atoms. The van der Waals surface area contributed by atoms with E-state index in [1.54, 1.807) is 6.07 Å². The van der Waals surface area contributed by atoms with Gasteiger partial charge in [0.05, 0.1) is 12.8 Å². The molecule has 7 nitrogen and oxygen atoms in total. The van der Waals surface area contributed by atoms with E-state index in [-0.39, 0.29) is 30.1 Å². The predicted molar refractivity (Wildman–Crippen MR) is 98.4 cm³/mol. The highest BCUT2D eigenvalue weighted by Crippen LogP contribution is 2.63. The average molecular weight is 387 g/mol. The number of carbonyl (C=O) groups excluding carboxylic acids is 1. The number of hydrogen-bond acceptors (Lipinski definition) is 6. The number of aliphatic carboxylic acids is 1. The number of rotatable bonds is 4. The number of esters is 1. The Labute approximate surface area is 163 Å². The summed E-state index contributed by atoms with van der Waals surface area (Å²) in [6, 6.07) is 4.13. The molecule has 1 saturated heterocycles. The molecule has 0 radical (unpaired) electrons. The summed E-state index contributed by atoms with van der Waals surface area (Å²) < 4.78 is 12.1. The van der Waals surface area contributed by atoms with Gasteiger partial charge >= 0.3 is 11.9 Å². The van der Waals surface area contributed by atoms with Crippen LogP contribution in [0.4, 0.5) is 0 Å². The summed E-state index contributed by atoms with van der Waals surface area (Å²) in [4.78, 5) is 25.4. The topological polar surface area (TPSA) is 96.3 Å². The third kappa shape index (κ3) is 2.32. The maximum absolute atomic E-state index is 12.2. The molecule has 0 amide bonds. The van der Waals surface area contributed by atoms with Crippen LogP contribution in [0.2, 0.25) is 0 Å². The van der Waals surface area contributed by atoms with Crippen molar-refractivity contribution < 1.29 is 29.3 Å². The minimum Gasteiger partial charge on any atom is -0.504 e. The summed E-state index contributed by atoms with van der Waals surface area (Å²) in [6.07, 6.45) is 2.38. The van der Waals surface area contributed by atoms with Crippen LogP contribution in [0.5, 0.6) is 11.5 Å². The number of carbonyl (C=O) groups is 2. The lowest BCUT2D eigenvalue weighted by molar-refractivity contribution is -0.167. The van der Waals surface area contributed by atoms with Crippen LogP contribution in [-0.2, 0) is 26.2 Å². The van der Waals surface area contributed by atoms with Crippen LogP contribution >= 0.6 is 0 Å². The van der Waals surface area contributed by atoms with Crippen LogP contribution in [-0.4, -0.2) is 58.9 Å². The predicted octanol–water partition coefficient (Wildman–Crippen LogP) is 1.84. The number of carboxylic acid groups (broad SMARTS) is 1. The molecule has 1 aromatic carbocycles. The molecule has 2 aliphatic carbocycles. The molecule has 1 spiro atoms. The zero-order valence-corrected chi connectivity index (χ0v) is 15.9. The van der Waals surface area contributed by atoms with E-state index < -0.39 is 18.0 Å². The van der Waals surface area contributed by atoms with Crippen molar-refractivity contribution in [2.24, 2.45) is 5.92 Å². The fraction of sp³-hybridized carbons (Fsp3) is 0.619. The summed E-state index contributed by atoms with van der Waals surface area (Å²) in [7, 11) is 2.17. The van der Waals surface area contributed by atoms with Crippen molar-refractivity contribution in [2.75, 3.05) is 13.6 Å². The molecule has 150 valence electrons. The normalized spacial score (nSPS) is 35.0. The Kier molecular flexibility index (Phi) is 3.88. The van der Waals surface area contributed by atoms with Crippen LogP contribution in [0.3, 0.4) is 0 Å². The first-order chi connectivity index (χ1) is 13.4. The molecule has 5 rings (SSSR count). The van der Waals surface area contributed by atoms with Gasteiger partial charge in [-0.2, -0.15) is 0 Å². The molecule has 5 unspecified atom stereocenters. The van der Waals surface area contributed by atoms with Gasteiger partial charge in [-0.05, 0) is 56.8 Å². The largest absolute Gasteiger partial charge is 0.504 e. The average Bonchev–Trinajstić information content (AvgIpc) is 3.01. The molecular formula is C21H25NO6. The fourth-order valence-electron chi connectivity index (χ4n) is 6.25. The first-order valence-corrected chi connectivity index (χ1v) is 10.1. The van der Waals surface area contributed by atoms with Gasteiger partial charge in [0.15, 0.2) is 11.5 Å². The molecule has 2 N–H and O–H groups in total. The Balaban J connectivity index is 1.52. The third-order valence-electron chi connectivity index (χ3n) is 7.37. The summed E-state index contributed by atoms with van der Waals surface area (Å²) in [5.74, 6) is -0.394. The van der Waals surface area contributed by atoms with Gasteiger partial charge < -0.3 is 24.6 Å². The lowest BCUT2D eigenvalue weighted by Crippen LogP contribution is -2.66. The van der Waals surface area contributed by atoms with Gasteiger partial charge in [-0.1, -0.05) is 6.07 Å². The van der Waals surface area contributed by atoms with Gasteiger partial charge in [0.2, 0.25) is 0 Å². The number of carboxylic acids is 1. The van der Waals surface area contributed by atoms with E-state index in [0.29, 0.717) is 24.1 Å². The highest BCUT2D eigenvalue weighted by molar-refractivity contribution is 5.76. The third-order valence-corrected chi connectivity index (χ3v) is 7.37. The Morgan fingerprint density at radius 2 is 2.14 bits per heavy atom. The molecule has 5 atom stereocenters. The first kappa shape index (κ1) is 17.8. The fourth-order valence-corrected chi connectivity index (χ4v) is 6.25. The van der Waals surface area contributed by atoms with Gasteiger partial charge in [0, 0.05) is 17.0 Å². The number of likely N-dealkylation sites (tertiary alicyclic amines) is 1. The Bertz CT molecular complexity index is 854. The first-order valence-electron chi connectivity index (χ1n) is 10.1. The SMILES string of the molecule is CN1CCC23c4c5ccc(O)c4OC2C(OC(=O)CCC(=O)O)CCC3C1C5. The number of benzene rings is 1. The lowest BCUT2D eigenvalue weighted by Gasteiger charge is -2.58.